The van der Waals surface area contributed by atoms with E-state index in [1.54, 1.807) is 0 Å². The van der Waals surface area contributed by atoms with Gasteiger partial charge in [-0.3, -0.25) is 0 Å². The van der Waals surface area contributed by atoms with E-state index in [0.29, 0.717) is 25.7 Å². The topological polar surface area (TPSA) is 80.9 Å². The van der Waals surface area contributed by atoms with E-state index in [0.717, 1.165) is 25.7 Å². The average Bonchev–Trinajstić information content (AvgIpc) is 2.27. The molecule has 0 spiro atoms. The third kappa shape index (κ3) is 1.52. The van der Waals surface area contributed by atoms with Crippen LogP contribution in [0, 0.1) is 0 Å². The molecule has 0 saturated heterocycles. The van der Waals surface area contributed by atoms with Crippen LogP contribution in [0.2, 0.25) is 0 Å². The Balaban J connectivity index is 1.98. The summed E-state index contributed by atoms with van der Waals surface area (Å²) in [5.41, 5.74) is -4.87. The molecule has 0 radical (unpaired) electrons. The Bertz CT molecular complexity index is 294. The molecule has 4 atom stereocenters. The summed E-state index contributed by atoms with van der Waals surface area (Å²) in [6.45, 7) is 0. The summed E-state index contributed by atoms with van der Waals surface area (Å²) in [7, 11) is 0. The van der Waals surface area contributed by atoms with Crippen molar-refractivity contribution in [1.82, 2.24) is 0 Å². The summed E-state index contributed by atoms with van der Waals surface area (Å²) < 4.78 is 0. The van der Waals surface area contributed by atoms with Crippen molar-refractivity contribution in [3.8, 4) is 0 Å². The molecule has 0 unspecified atom stereocenters. The fraction of sp³-hybridized carbons (Fsp3) is 1.00. The number of aliphatic hydroxyl groups is 4. The van der Waals surface area contributed by atoms with Crippen molar-refractivity contribution in [3.63, 3.8) is 0 Å². The predicted molar refractivity (Wildman–Crippen MR) is 66.0 cm³/mol. The van der Waals surface area contributed by atoms with Crippen LogP contribution in [0.3, 0.4) is 0 Å². The van der Waals surface area contributed by atoms with Crippen molar-refractivity contribution in [2.45, 2.75) is 86.6 Å². The SMILES string of the molecule is O[C@@]12CCCC[C@@]1(O)C[C@@]1(O)CCCC[C@]1(O)C2. The summed E-state index contributed by atoms with van der Waals surface area (Å²) in [6, 6.07) is 0. The molecular formula is C14H24O4. The molecule has 0 aromatic heterocycles. The Morgan fingerprint density at radius 3 is 0.889 bits per heavy atom. The van der Waals surface area contributed by atoms with Gasteiger partial charge in [0.05, 0.1) is 22.4 Å². The molecule has 0 bridgehead atoms. The molecule has 3 fully saturated rings. The summed E-state index contributed by atoms with van der Waals surface area (Å²) in [6.07, 6.45) is 5.88. The molecule has 4 N–H and O–H groups in total. The standard InChI is InChI=1S/C14H24O4/c15-11-5-1-2-6-12(11,16)10-14(18)8-4-3-7-13(14,17)9-11/h15-18H,1-10H2/t11-,12-,13+,14+. The van der Waals surface area contributed by atoms with Crippen LogP contribution in [0.15, 0.2) is 0 Å². The number of rotatable bonds is 0. The fourth-order valence-electron chi connectivity index (χ4n) is 4.58. The Hall–Kier alpha value is -0.160. The van der Waals surface area contributed by atoms with Crippen molar-refractivity contribution in [3.05, 3.63) is 0 Å². The van der Waals surface area contributed by atoms with Gasteiger partial charge >= 0.3 is 0 Å². The molecular weight excluding hydrogens is 232 g/mol. The molecule has 3 rings (SSSR count). The van der Waals surface area contributed by atoms with Gasteiger partial charge < -0.3 is 20.4 Å². The zero-order chi connectivity index (χ0) is 13.1. The minimum Gasteiger partial charge on any atom is -0.387 e. The van der Waals surface area contributed by atoms with Gasteiger partial charge in [0.1, 0.15) is 0 Å². The van der Waals surface area contributed by atoms with Crippen LogP contribution in [0.1, 0.15) is 64.2 Å². The molecule has 0 heterocycles. The summed E-state index contributed by atoms with van der Waals surface area (Å²) >= 11 is 0. The number of fused-ring (bicyclic) bond motifs is 2. The molecule has 0 aliphatic heterocycles. The lowest BCUT2D eigenvalue weighted by Gasteiger charge is -2.62. The van der Waals surface area contributed by atoms with E-state index < -0.39 is 22.4 Å². The minimum absolute atomic E-state index is 0.118. The van der Waals surface area contributed by atoms with Crippen molar-refractivity contribution < 1.29 is 20.4 Å². The van der Waals surface area contributed by atoms with E-state index in [1.165, 1.54) is 0 Å². The van der Waals surface area contributed by atoms with Crippen LogP contribution in [-0.4, -0.2) is 42.8 Å². The van der Waals surface area contributed by atoms with Gasteiger partial charge in [-0.1, -0.05) is 25.7 Å². The zero-order valence-corrected chi connectivity index (χ0v) is 10.9. The minimum atomic E-state index is -1.22. The van der Waals surface area contributed by atoms with E-state index >= 15 is 0 Å². The van der Waals surface area contributed by atoms with Crippen LogP contribution in [-0.2, 0) is 0 Å². The van der Waals surface area contributed by atoms with Gasteiger partial charge in [0.2, 0.25) is 0 Å². The second kappa shape index (κ2) is 3.69. The summed E-state index contributed by atoms with van der Waals surface area (Å²) in [5, 5.41) is 43.0. The van der Waals surface area contributed by atoms with Gasteiger partial charge in [0.15, 0.2) is 0 Å². The molecule has 4 heteroatoms. The Kier molecular flexibility index (Phi) is 2.63. The van der Waals surface area contributed by atoms with Crippen LogP contribution in [0.25, 0.3) is 0 Å². The first kappa shape index (κ1) is 12.9. The molecule has 3 aliphatic rings. The number of hydrogen-bond acceptors (Lipinski definition) is 4. The molecule has 0 amide bonds. The Labute approximate surface area is 108 Å². The molecule has 3 saturated carbocycles. The molecule has 0 aromatic rings. The highest BCUT2D eigenvalue weighted by Gasteiger charge is 2.67. The lowest BCUT2D eigenvalue weighted by atomic mass is 9.51. The van der Waals surface area contributed by atoms with Gasteiger partial charge in [0, 0.05) is 12.8 Å². The molecule has 18 heavy (non-hydrogen) atoms. The van der Waals surface area contributed by atoms with Gasteiger partial charge in [-0.2, -0.15) is 0 Å². The van der Waals surface area contributed by atoms with E-state index in [2.05, 4.69) is 0 Å². The first-order valence-electron chi connectivity index (χ1n) is 7.22. The average molecular weight is 256 g/mol. The maximum atomic E-state index is 10.7. The Morgan fingerprint density at radius 2 is 0.667 bits per heavy atom. The highest BCUT2D eigenvalue weighted by molar-refractivity contribution is 5.20. The van der Waals surface area contributed by atoms with Crippen LogP contribution >= 0.6 is 0 Å². The zero-order valence-electron chi connectivity index (χ0n) is 10.9. The largest absolute Gasteiger partial charge is 0.387 e. The van der Waals surface area contributed by atoms with E-state index in [1.807, 2.05) is 0 Å². The molecule has 104 valence electrons. The summed E-state index contributed by atoms with van der Waals surface area (Å²) in [4.78, 5) is 0. The third-order valence-electron chi connectivity index (χ3n) is 5.76. The van der Waals surface area contributed by atoms with Gasteiger partial charge in [-0.25, -0.2) is 0 Å². The lowest BCUT2D eigenvalue weighted by Crippen LogP contribution is -2.73. The summed E-state index contributed by atoms with van der Waals surface area (Å²) in [5.74, 6) is 0. The maximum Gasteiger partial charge on any atom is 0.0962 e. The second-order valence-electron chi connectivity index (χ2n) is 6.89. The second-order valence-corrected chi connectivity index (χ2v) is 6.89. The molecule has 3 aliphatic carbocycles. The van der Waals surface area contributed by atoms with Gasteiger partial charge in [-0.15, -0.1) is 0 Å². The quantitative estimate of drug-likeness (QED) is 0.518. The van der Waals surface area contributed by atoms with Crippen molar-refractivity contribution in [1.29, 1.82) is 0 Å². The predicted octanol–water partition coefficient (Wildman–Crippen LogP) is 0.853. The third-order valence-corrected chi connectivity index (χ3v) is 5.76. The van der Waals surface area contributed by atoms with E-state index in [4.69, 9.17) is 0 Å². The normalized spacial score (nSPS) is 56.7. The smallest absolute Gasteiger partial charge is 0.0962 e. The number of hydrogen-bond donors (Lipinski definition) is 4. The van der Waals surface area contributed by atoms with Crippen molar-refractivity contribution >= 4 is 0 Å². The molecule has 4 nitrogen and oxygen atoms in total. The van der Waals surface area contributed by atoms with E-state index in [9.17, 15) is 20.4 Å². The maximum absolute atomic E-state index is 10.7. The highest BCUT2D eigenvalue weighted by Crippen LogP contribution is 2.57. The monoisotopic (exact) mass is 256 g/mol. The first-order valence-corrected chi connectivity index (χ1v) is 7.22. The lowest BCUT2D eigenvalue weighted by molar-refractivity contribution is -0.306. The van der Waals surface area contributed by atoms with Crippen LogP contribution in [0.5, 0.6) is 0 Å². The van der Waals surface area contributed by atoms with Crippen LogP contribution < -0.4 is 0 Å². The Morgan fingerprint density at radius 1 is 0.444 bits per heavy atom. The van der Waals surface area contributed by atoms with Crippen LogP contribution in [0.4, 0.5) is 0 Å². The fourth-order valence-corrected chi connectivity index (χ4v) is 4.58. The first-order chi connectivity index (χ1) is 8.33. The van der Waals surface area contributed by atoms with Gasteiger partial charge in [-0.05, 0) is 25.7 Å². The van der Waals surface area contributed by atoms with Crippen molar-refractivity contribution in [2.24, 2.45) is 0 Å². The molecule has 0 aromatic carbocycles. The van der Waals surface area contributed by atoms with E-state index in [-0.39, 0.29) is 12.8 Å². The van der Waals surface area contributed by atoms with Crippen molar-refractivity contribution in [2.75, 3.05) is 0 Å². The van der Waals surface area contributed by atoms with Gasteiger partial charge in [0.25, 0.3) is 0 Å². The highest BCUT2D eigenvalue weighted by atomic mass is 16.4.